The van der Waals surface area contributed by atoms with Crippen LogP contribution in [0.25, 0.3) is 0 Å². The lowest BCUT2D eigenvalue weighted by Crippen LogP contribution is -2.48. The van der Waals surface area contributed by atoms with Gasteiger partial charge in [-0.2, -0.15) is 0 Å². The Balaban J connectivity index is 2.20. The maximum absolute atomic E-state index is 13.2. The molecular formula is C24H32N2O2. The van der Waals surface area contributed by atoms with E-state index in [9.17, 15) is 9.59 Å². The van der Waals surface area contributed by atoms with E-state index >= 15 is 0 Å². The fourth-order valence-corrected chi connectivity index (χ4v) is 3.26. The van der Waals surface area contributed by atoms with E-state index in [4.69, 9.17) is 0 Å². The fraction of sp³-hybridized carbons (Fsp3) is 0.417. The third kappa shape index (κ3) is 6.52. The highest BCUT2D eigenvalue weighted by atomic mass is 16.2. The second-order valence-electron chi connectivity index (χ2n) is 7.99. The molecule has 2 amide bonds. The van der Waals surface area contributed by atoms with Gasteiger partial charge in [0.05, 0.1) is 6.42 Å². The van der Waals surface area contributed by atoms with Crippen molar-refractivity contribution >= 4 is 11.8 Å². The van der Waals surface area contributed by atoms with Crippen LogP contribution in [0.15, 0.2) is 48.5 Å². The molecule has 4 heteroatoms. The van der Waals surface area contributed by atoms with Crippen LogP contribution in [-0.4, -0.2) is 29.3 Å². The van der Waals surface area contributed by atoms with Crippen LogP contribution >= 0.6 is 0 Å². The van der Waals surface area contributed by atoms with Gasteiger partial charge >= 0.3 is 0 Å². The van der Waals surface area contributed by atoms with Gasteiger partial charge in [0.25, 0.3) is 0 Å². The summed E-state index contributed by atoms with van der Waals surface area (Å²) in [6.07, 6.45) is 0.289. The van der Waals surface area contributed by atoms with E-state index in [0.717, 1.165) is 22.3 Å². The number of nitrogens with zero attached hydrogens (tertiary/aromatic N) is 1. The van der Waals surface area contributed by atoms with Gasteiger partial charge in [-0.25, -0.2) is 0 Å². The molecule has 4 nitrogen and oxygen atoms in total. The molecule has 0 saturated heterocycles. The largest absolute Gasteiger partial charge is 0.354 e. The first-order valence-electron chi connectivity index (χ1n) is 9.94. The van der Waals surface area contributed by atoms with Gasteiger partial charge in [0, 0.05) is 13.1 Å². The molecule has 2 aromatic rings. The highest BCUT2D eigenvalue weighted by molar-refractivity contribution is 5.88. The van der Waals surface area contributed by atoms with Crippen LogP contribution in [-0.2, 0) is 22.6 Å². The van der Waals surface area contributed by atoms with Crippen LogP contribution in [0, 0.1) is 19.8 Å². The summed E-state index contributed by atoms with van der Waals surface area (Å²) in [5.41, 5.74) is 4.27. The lowest BCUT2D eigenvalue weighted by Gasteiger charge is -2.29. The summed E-state index contributed by atoms with van der Waals surface area (Å²) in [6.45, 7) is 11.0. The van der Waals surface area contributed by atoms with Crippen molar-refractivity contribution < 1.29 is 9.59 Å². The quantitative estimate of drug-likeness (QED) is 0.751. The first-order chi connectivity index (χ1) is 13.3. The fourth-order valence-electron chi connectivity index (χ4n) is 3.26. The molecule has 28 heavy (non-hydrogen) atoms. The number of hydrogen-bond acceptors (Lipinski definition) is 2. The van der Waals surface area contributed by atoms with E-state index in [-0.39, 0.29) is 18.2 Å². The maximum atomic E-state index is 13.2. The molecule has 0 aliphatic rings. The summed E-state index contributed by atoms with van der Waals surface area (Å²) < 4.78 is 0. The van der Waals surface area contributed by atoms with E-state index in [1.165, 1.54) is 0 Å². The Labute approximate surface area is 169 Å². The molecule has 0 fully saturated rings. The minimum absolute atomic E-state index is 0.0407. The minimum Gasteiger partial charge on any atom is -0.354 e. The predicted octanol–water partition coefficient (Wildman–Crippen LogP) is 4.04. The van der Waals surface area contributed by atoms with Crippen LogP contribution in [0.5, 0.6) is 0 Å². The third-order valence-corrected chi connectivity index (χ3v) is 4.68. The topological polar surface area (TPSA) is 49.4 Å². The monoisotopic (exact) mass is 380 g/mol. The van der Waals surface area contributed by atoms with Crippen LogP contribution in [0.1, 0.15) is 43.0 Å². The summed E-state index contributed by atoms with van der Waals surface area (Å²) in [4.78, 5) is 27.5. The highest BCUT2D eigenvalue weighted by Gasteiger charge is 2.26. The molecule has 0 radical (unpaired) electrons. The van der Waals surface area contributed by atoms with E-state index in [1.54, 1.807) is 11.8 Å². The Bertz CT molecular complexity index is 779. The molecule has 0 aliphatic heterocycles. The minimum atomic E-state index is -0.530. The third-order valence-electron chi connectivity index (χ3n) is 4.68. The molecule has 2 aromatic carbocycles. The average Bonchev–Trinajstić information content (AvgIpc) is 2.63. The molecular weight excluding hydrogens is 348 g/mol. The van der Waals surface area contributed by atoms with Crippen molar-refractivity contribution in [3.05, 3.63) is 70.8 Å². The molecule has 2 rings (SSSR count). The molecule has 0 spiro atoms. The summed E-state index contributed by atoms with van der Waals surface area (Å²) in [6, 6.07) is 15.5. The standard InChI is InChI=1S/C24H32N2O2/c1-17(2)15-25-24(28)20(5)26(16-21-9-7-6-8-10-21)23(27)14-22-12-18(3)11-19(4)13-22/h6-13,17,20H,14-16H2,1-5H3,(H,25,28)/t20-/m0/s1. The van der Waals surface area contributed by atoms with Crippen LogP contribution in [0.4, 0.5) is 0 Å². The van der Waals surface area contributed by atoms with Gasteiger partial charge in [0.2, 0.25) is 11.8 Å². The second kappa shape index (κ2) is 10.1. The van der Waals surface area contributed by atoms with Crippen molar-refractivity contribution in [3.8, 4) is 0 Å². The van der Waals surface area contributed by atoms with E-state index in [2.05, 4.69) is 25.2 Å². The van der Waals surface area contributed by atoms with Crippen molar-refractivity contribution in [3.63, 3.8) is 0 Å². The van der Waals surface area contributed by atoms with E-state index < -0.39 is 6.04 Å². The highest BCUT2D eigenvalue weighted by Crippen LogP contribution is 2.15. The number of amides is 2. The maximum Gasteiger partial charge on any atom is 0.242 e. The molecule has 1 atom stereocenters. The number of carbonyl (C=O) groups is 2. The molecule has 0 bridgehead atoms. The van der Waals surface area contributed by atoms with Crippen molar-refractivity contribution in [1.29, 1.82) is 0 Å². The Morgan fingerprint density at radius 2 is 1.54 bits per heavy atom. The van der Waals surface area contributed by atoms with Crippen LogP contribution in [0.2, 0.25) is 0 Å². The first kappa shape index (κ1) is 21.7. The zero-order valence-electron chi connectivity index (χ0n) is 17.7. The van der Waals surface area contributed by atoms with Gasteiger partial charge in [-0.15, -0.1) is 0 Å². The summed E-state index contributed by atoms with van der Waals surface area (Å²) in [5, 5.41) is 2.95. The molecule has 150 valence electrons. The van der Waals surface area contributed by atoms with Gasteiger partial charge in [-0.3, -0.25) is 9.59 Å². The molecule has 0 aromatic heterocycles. The first-order valence-corrected chi connectivity index (χ1v) is 9.94. The SMILES string of the molecule is Cc1cc(C)cc(CC(=O)N(Cc2ccccc2)[C@@H](C)C(=O)NCC(C)C)c1. The van der Waals surface area contributed by atoms with Gasteiger partial charge in [0.15, 0.2) is 0 Å². The predicted molar refractivity (Wildman–Crippen MR) is 114 cm³/mol. The average molecular weight is 381 g/mol. The molecule has 0 unspecified atom stereocenters. The zero-order chi connectivity index (χ0) is 20.7. The van der Waals surface area contributed by atoms with Crippen molar-refractivity contribution in [2.24, 2.45) is 5.92 Å². The Morgan fingerprint density at radius 1 is 0.929 bits per heavy atom. The molecule has 1 N–H and O–H groups in total. The summed E-state index contributed by atoms with van der Waals surface area (Å²) in [5.74, 6) is 0.212. The van der Waals surface area contributed by atoms with Crippen LogP contribution < -0.4 is 5.32 Å². The van der Waals surface area contributed by atoms with Crippen molar-refractivity contribution in [2.45, 2.75) is 53.6 Å². The number of hydrogen-bond donors (Lipinski definition) is 1. The Kier molecular flexibility index (Phi) is 7.80. The Morgan fingerprint density at radius 3 is 2.11 bits per heavy atom. The van der Waals surface area contributed by atoms with Crippen LogP contribution in [0.3, 0.4) is 0 Å². The lowest BCUT2D eigenvalue weighted by atomic mass is 10.0. The van der Waals surface area contributed by atoms with E-state index in [1.807, 2.05) is 56.3 Å². The second-order valence-corrected chi connectivity index (χ2v) is 7.99. The van der Waals surface area contributed by atoms with E-state index in [0.29, 0.717) is 19.0 Å². The molecule has 0 saturated carbocycles. The number of aryl methyl sites for hydroxylation is 2. The number of carbonyl (C=O) groups excluding carboxylic acids is 2. The molecule has 0 aliphatic carbocycles. The smallest absolute Gasteiger partial charge is 0.242 e. The van der Waals surface area contributed by atoms with Gasteiger partial charge < -0.3 is 10.2 Å². The van der Waals surface area contributed by atoms with Gasteiger partial charge in [-0.05, 0) is 37.8 Å². The molecule has 0 heterocycles. The normalized spacial score (nSPS) is 11.9. The number of benzene rings is 2. The number of nitrogens with one attached hydrogen (secondary N) is 1. The van der Waals surface area contributed by atoms with Gasteiger partial charge in [0.1, 0.15) is 6.04 Å². The van der Waals surface area contributed by atoms with Gasteiger partial charge in [-0.1, -0.05) is 73.5 Å². The Hall–Kier alpha value is -2.62. The van der Waals surface area contributed by atoms with Crippen molar-refractivity contribution in [1.82, 2.24) is 10.2 Å². The zero-order valence-corrected chi connectivity index (χ0v) is 17.7. The van der Waals surface area contributed by atoms with Crippen molar-refractivity contribution in [2.75, 3.05) is 6.54 Å². The number of rotatable bonds is 8. The summed E-state index contributed by atoms with van der Waals surface area (Å²) in [7, 11) is 0. The lowest BCUT2D eigenvalue weighted by molar-refractivity contribution is -0.140. The summed E-state index contributed by atoms with van der Waals surface area (Å²) >= 11 is 0.